The van der Waals surface area contributed by atoms with Gasteiger partial charge in [0.05, 0.1) is 17.0 Å². The molecule has 0 saturated carbocycles. The zero-order chi connectivity index (χ0) is 22.6. The number of anilines is 1. The third-order valence-corrected chi connectivity index (χ3v) is 6.78. The summed E-state index contributed by atoms with van der Waals surface area (Å²) >= 11 is 1.64. The molecule has 2 aromatic carbocycles. The minimum Gasteiger partial charge on any atom is -0.450 e. The number of aryl methyl sites for hydroxylation is 3. The van der Waals surface area contributed by atoms with Gasteiger partial charge in [-0.2, -0.15) is 0 Å². The largest absolute Gasteiger partial charge is 0.450 e. The van der Waals surface area contributed by atoms with E-state index in [1.165, 1.54) is 0 Å². The Morgan fingerprint density at radius 3 is 2.38 bits per heavy atom. The van der Waals surface area contributed by atoms with Crippen LogP contribution in [0.15, 0.2) is 68.7 Å². The third kappa shape index (κ3) is 3.14. The molecule has 5 nitrogen and oxygen atoms in total. The number of rotatable bonds is 3. The van der Waals surface area contributed by atoms with Crippen molar-refractivity contribution in [3.8, 4) is 0 Å². The van der Waals surface area contributed by atoms with Crippen molar-refractivity contribution in [3.63, 3.8) is 0 Å². The van der Waals surface area contributed by atoms with Crippen LogP contribution in [0.4, 0.5) is 5.82 Å². The van der Waals surface area contributed by atoms with Crippen molar-refractivity contribution in [2.45, 2.75) is 31.7 Å². The number of hydrogen-bond acceptors (Lipinski definition) is 5. The first-order chi connectivity index (χ1) is 15.4. The lowest BCUT2D eigenvalue weighted by Gasteiger charge is -2.24. The molecule has 32 heavy (non-hydrogen) atoms. The molecular formula is C26H22N2O3S. The van der Waals surface area contributed by atoms with E-state index in [1.54, 1.807) is 22.7 Å². The van der Waals surface area contributed by atoms with Crippen LogP contribution in [0.25, 0.3) is 11.0 Å². The molecule has 1 atom stereocenters. The van der Waals surface area contributed by atoms with Crippen LogP contribution in [0, 0.1) is 20.8 Å². The lowest BCUT2D eigenvalue weighted by atomic mass is 9.97. The molecule has 160 valence electrons. The molecule has 0 saturated heterocycles. The third-order valence-electron chi connectivity index (χ3n) is 6.04. The van der Waals surface area contributed by atoms with Crippen LogP contribution < -0.4 is 10.3 Å². The summed E-state index contributed by atoms with van der Waals surface area (Å²) < 4.78 is 6.09. The van der Waals surface area contributed by atoms with Crippen molar-refractivity contribution in [1.29, 1.82) is 0 Å². The van der Waals surface area contributed by atoms with Crippen LogP contribution in [0.2, 0.25) is 0 Å². The molecule has 6 heteroatoms. The fourth-order valence-corrected chi connectivity index (χ4v) is 4.64. The van der Waals surface area contributed by atoms with Crippen LogP contribution in [0.1, 0.15) is 44.5 Å². The van der Waals surface area contributed by atoms with Gasteiger partial charge in [0.2, 0.25) is 5.76 Å². The molecule has 0 N–H and O–H groups in total. The van der Waals surface area contributed by atoms with E-state index in [1.807, 2.05) is 75.6 Å². The van der Waals surface area contributed by atoms with Crippen molar-refractivity contribution in [2.75, 3.05) is 11.2 Å². The van der Waals surface area contributed by atoms with Crippen LogP contribution in [0.3, 0.4) is 0 Å². The number of nitrogens with zero attached hydrogens (tertiary/aromatic N) is 2. The second kappa shape index (κ2) is 7.64. The molecule has 0 fully saturated rings. The van der Waals surface area contributed by atoms with Crippen LogP contribution in [-0.4, -0.2) is 17.1 Å². The molecule has 5 rings (SSSR count). The molecule has 1 aliphatic heterocycles. The van der Waals surface area contributed by atoms with Crippen LogP contribution in [-0.2, 0) is 0 Å². The van der Waals surface area contributed by atoms with E-state index in [-0.39, 0.29) is 17.1 Å². The highest BCUT2D eigenvalue weighted by Crippen LogP contribution is 2.41. The molecule has 4 aromatic rings. The summed E-state index contributed by atoms with van der Waals surface area (Å²) in [6, 6.07) is 16.5. The predicted octanol–water partition coefficient (Wildman–Crippen LogP) is 5.58. The summed E-state index contributed by atoms with van der Waals surface area (Å²) in [5.41, 5.74) is 4.27. The van der Waals surface area contributed by atoms with E-state index in [0.717, 1.165) is 27.3 Å². The van der Waals surface area contributed by atoms with Crippen molar-refractivity contribution in [2.24, 2.45) is 0 Å². The Kier molecular flexibility index (Phi) is 4.90. The maximum Gasteiger partial charge on any atom is 0.296 e. The van der Waals surface area contributed by atoms with E-state index in [4.69, 9.17) is 4.42 Å². The number of amides is 1. The Morgan fingerprint density at radius 2 is 1.69 bits per heavy atom. The van der Waals surface area contributed by atoms with Gasteiger partial charge in [-0.15, -0.1) is 11.8 Å². The summed E-state index contributed by atoms with van der Waals surface area (Å²) in [7, 11) is 0. The fourth-order valence-electron chi connectivity index (χ4n) is 4.23. The number of carbonyl (C=O) groups is 1. The van der Waals surface area contributed by atoms with Crippen LogP contribution in [0.5, 0.6) is 0 Å². The SMILES string of the molecule is CSc1ccc([C@H]2c3c(oc4cc(C)c(C)cc4c3=O)C(=O)N2c2cccc(C)n2)cc1. The lowest BCUT2D eigenvalue weighted by molar-refractivity contribution is 0.0970. The first-order valence-corrected chi connectivity index (χ1v) is 11.6. The van der Waals surface area contributed by atoms with Gasteiger partial charge < -0.3 is 4.42 Å². The van der Waals surface area contributed by atoms with Gasteiger partial charge in [0.15, 0.2) is 5.43 Å². The molecule has 1 amide bonds. The number of aromatic nitrogens is 1. The lowest BCUT2D eigenvalue weighted by Crippen LogP contribution is -2.30. The van der Waals surface area contributed by atoms with Crippen molar-refractivity contribution < 1.29 is 9.21 Å². The van der Waals surface area contributed by atoms with E-state index in [2.05, 4.69) is 4.98 Å². The summed E-state index contributed by atoms with van der Waals surface area (Å²) in [4.78, 5) is 34.6. The smallest absolute Gasteiger partial charge is 0.296 e. The van der Waals surface area contributed by atoms with Gasteiger partial charge in [-0.25, -0.2) is 4.98 Å². The van der Waals surface area contributed by atoms with Crippen molar-refractivity contribution in [1.82, 2.24) is 4.98 Å². The average Bonchev–Trinajstić information content (AvgIpc) is 3.08. The van der Waals surface area contributed by atoms with Gasteiger partial charge in [0.1, 0.15) is 11.4 Å². The van der Waals surface area contributed by atoms with Gasteiger partial charge >= 0.3 is 0 Å². The number of hydrogen-bond donors (Lipinski definition) is 0. The maximum atomic E-state index is 13.7. The quantitative estimate of drug-likeness (QED) is 0.387. The number of thioether (sulfide) groups is 1. The highest BCUT2D eigenvalue weighted by atomic mass is 32.2. The Hall–Kier alpha value is -3.38. The first-order valence-electron chi connectivity index (χ1n) is 10.4. The Labute approximate surface area is 190 Å². The van der Waals surface area contributed by atoms with Gasteiger partial charge in [0.25, 0.3) is 5.91 Å². The first kappa shape index (κ1) is 20.5. The highest BCUT2D eigenvalue weighted by Gasteiger charge is 2.44. The predicted molar refractivity (Wildman–Crippen MR) is 128 cm³/mol. The number of carbonyl (C=O) groups excluding carboxylic acids is 1. The standard InChI is InChI=1S/C26H22N2O3S/c1-14-12-19-20(13-15(14)2)31-25-22(24(19)29)23(17-8-10-18(32-4)11-9-17)28(26(25)30)21-7-5-6-16(3)27-21/h5-13,23H,1-4H3/t23-/m0/s1. The summed E-state index contributed by atoms with van der Waals surface area (Å²) in [6.07, 6.45) is 2.01. The van der Waals surface area contributed by atoms with E-state index in [9.17, 15) is 9.59 Å². The Balaban J connectivity index is 1.81. The normalized spacial score (nSPS) is 15.4. The van der Waals surface area contributed by atoms with Gasteiger partial charge in [-0.3, -0.25) is 14.5 Å². The van der Waals surface area contributed by atoms with E-state index < -0.39 is 6.04 Å². The molecule has 2 aromatic heterocycles. The molecule has 0 bridgehead atoms. The van der Waals surface area contributed by atoms with E-state index in [0.29, 0.717) is 22.4 Å². The highest BCUT2D eigenvalue weighted by molar-refractivity contribution is 7.98. The van der Waals surface area contributed by atoms with Crippen LogP contribution >= 0.6 is 11.8 Å². The summed E-state index contributed by atoms with van der Waals surface area (Å²) in [6.45, 7) is 5.81. The Bertz CT molecular complexity index is 1440. The average molecular weight is 443 g/mol. The van der Waals surface area contributed by atoms with Crippen molar-refractivity contribution >= 4 is 34.5 Å². The minimum absolute atomic E-state index is 0.0907. The molecule has 3 heterocycles. The number of fused-ring (bicyclic) bond motifs is 2. The second-order valence-electron chi connectivity index (χ2n) is 8.09. The summed E-state index contributed by atoms with van der Waals surface area (Å²) in [5, 5.41) is 0.490. The van der Waals surface area contributed by atoms with Gasteiger partial charge in [-0.05, 0) is 80.1 Å². The summed E-state index contributed by atoms with van der Waals surface area (Å²) in [5.74, 6) is 0.235. The topological polar surface area (TPSA) is 63.4 Å². The molecule has 0 unspecified atom stereocenters. The maximum absolute atomic E-state index is 13.7. The van der Waals surface area contributed by atoms with E-state index >= 15 is 0 Å². The molecular weight excluding hydrogens is 420 g/mol. The number of benzene rings is 2. The molecule has 1 aliphatic rings. The molecule has 0 aliphatic carbocycles. The van der Waals surface area contributed by atoms with Gasteiger partial charge in [0, 0.05) is 10.6 Å². The molecule has 0 radical (unpaired) electrons. The zero-order valence-corrected chi connectivity index (χ0v) is 19.1. The molecule has 0 spiro atoms. The second-order valence-corrected chi connectivity index (χ2v) is 8.97. The zero-order valence-electron chi connectivity index (χ0n) is 18.3. The Morgan fingerprint density at radius 1 is 0.969 bits per heavy atom. The van der Waals surface area contributed by atoms with Gasteiger partial charge in [-0.1, -0.05) is 18.2 Å². The monoisotopic (exact) mass is 442 g/mol. The van der Waals surface area contributed by atoms with Crippen molar-refractivity contribution in [3.05, 3.63) is 98.5 Å². The minimum atomic E-state index is -0.607. The number of pyridine rings is 1. The fraction of sp³-hybridized carbons (Fsp3) is 0.192.